The van der Waals surface area contributed by atoms with Crippen LogP contribution in [-0.2, 0) is 0 Å². The molecular formula is C25H44O2. The van der Waals surface area contributed by atoms with Crippen molar-refractivity contribution in [2.24, 2.45) is 34.0 Å². The number of allylic oxidation sites excluding steroid dienone is 1. The molecule has 3 aliphatic carbocycles. The average Bonchev–Trinajstić information content (AvgIpc) is 2.52. The predicted octanol–water partition coefficient (Wildman–Crippen LogP) is 6.12. The van der Waals surface area contributed by atoms with E-state index in [1.54, 1.807) is 0 Å². The molecule has 27 heavy (non-hydrogen) atoms. The maximum Gasteiger partial charge on any atom is 0.0653 e. The summed E-state index contributed by atoms with van der Waals surface area (Å²) in [6.45, 7) is 14.5. The topological polar surface area (TPSA) is 40.5 Å². The summed E-state index contributed by atoms with van der Waals surface area (Å²) < 4.78 is 0. The summed E-state index contributed by atoms with van der Waals surface area (Å²) in [5, 5.41) is 20.6. The van der Waals surface area contributed by atoms with Gasteiger partial charge < -0.3 is 10.2 Å². The van der Waals surface area contributed by atoms with Gasteiger partial charge in [0, 0.05) is 0 Å². The lowest BCUT2D eigenvalue weighted by atomic mass is 9.38. The normalized spacial score (nSPS) is 47.3. The van der Waals surface area contributed by atoms with Crippen LogP contribution < -0.4 is 0 Å². The number of hydrogen-bond donors (Lipinski definition) is 2. The van der Waals surface area contributed by atoms with Crippen molar-refractivity contribution in [1.29, 1.82) is 0 Å². The molecule has 0 heterocycles. The summed E-state index contributed by atoms with van der Waals surface area (Å²) in [4.78, 5) is 0. The van der Waals surface area contributed by atoms with E-state index in [4.69, 9.17) is 0 Å². The van der Waals surface area contributed by atoms with Crippen LogP contribution in [-0.4, -0.2) is 22.4 Å². The van der Waals surface area contributed by atoms with Crippen molar-refractivity contribution in [3.8, 4) is 0 Å². The third kappa shape index (κ3) is 3.54. The summed E-state index contributed by atoms with van der Waals surface area (Å²) in [6.07, 6.45) is 12.8. The highest BCUT2D eigenvalue weighted by molar-refractivity contribution is 5.13. The van der Waals surface area contributed by atoms with E-state index in [1.165, 1.54) is 44.1 Å². The quantitative estimate of drug-likeness (QED) is 0.581. The zero-order valence-electron chi connectivity index (χ0n) is 18.8. The molecule has 0 aliphatic heterocycles. The van der Waals surface area contributed by atoms with Crippen LogP contribution in [0.4, 0.5) is 0 Å². The van der Waals surface area contributed by atoms with Crippen LogP contribution in [0.3, 0.4) is 0 Å². The molecule has 0 aromatic rings. The second-order valence-corrected chi connectivity index (χ2v) is 11.7. The molecule has 2 nitrogen and oxygen atoms in total. The number of hydrogen-bond acceptors (Lipinski definition) is 2. The van der Waals surface area contributed by atoms with Crippen LogP contribution in [0.1, 0.15) is 99.3 Å². The Kier molecular flexibility index (Phi) is 5.67. The zero-order chi connectivity index (χ0) is 20.1. The fraction of sp³-hybridized carbons (Fsp3) is 0.920. The first-order valence-corrected chi connectivity index (χ1v) is 11.5. The van der Waals surface area contributed by atoms with Gasteiger partial charge in [-0.05, 0) is 99.2 Å². The monoisotopic (exact) mass is 376 g/mol. The highest BCUT2D eigenvalue weighted by Crippen LogP contribution is 2.70. The summed E-state index contributed by atoms with van der Waals surface area (Å²) in [5.41, 5.74) is 1.83. The van der Waals surface area contributed by atoms with E-state index in [0.29, 0.717) is 16.7 Å². The molecule has 156 valence electrons. The van der Waals surface area contributed by atoms with E-state index in [-0.39, 0.29) is 12.0 Å². The molecule has 0 radical (unpaired) electrons. The first-order valence-electron chi connectivity index (χ1n) is 11.5. The van der Waals surface area contributed by atoms with Crippen molar-refractivity contribution in [2.45, 2.75) is 105 Å². The van der Waals surface area contributed by atoms with Crippen LogP contribution in [0, 0.1) is 34.0 Å². The predicted molar refractivity (Wildman–Crippen MR) is 113 cm³/mol. The zero-order valence-corrected chi connectivity index (χ0v) is 18.8. The summed E-state index contributed by atoms with van der Waals surface area (Å²) >= 11 is 0. The third-order valence-corrected chi connectivity index (χ3v) is 9.59. The second-order valence-electron chi connectivity index (χ2n) is 11.7. The Bertz CT molecular complexity index is 575. The lowest BCUT2D eigenvalue weighted by Gasteiger charge is -2.67. The molecular weight excluding hydrogens is 332 g/mol. The molecule has 0 amide bonds. The maximum absolute atomic E-state index is 11.4. The Hall–Kier alpha value is -0.340. The van der Waals surface area contributed by atoms with Gasteiger partial charge in [0.2, 0.25) is 0 Å². The van der Waals surface area contributed by atoms with Crippen molar-refractivity contribution in [1.82, 2.24) is 0 Å². The van der Waals surface area contributed by atoms with Gasteiger partial charge in [0.15, 0.2) is 0 Å². The molecule has 3 saturated carbocycles. The molecule has 3 rings (SSSR count). The molecule has 2 heteroatoms. The van der Waals surface area contributed by atoms with Gasteiger partial charge in [-0.3, -0.25) is 0 Å². The Labute approximate surface area is 167 Å². The van der Waals surface area contributed by atoms with E-state index in [0.717, 1.165) is 31.1 Å². The maximum atomic E-state index is 11.4. The Balaban J connectivity index is 1.91. The minimum absolute atomic E-state index is 0.127. The minimum atomic E-state index is -0.557. The van der Waals surface area contributed by atoms with E-state index in [1.807, 2.05) is 6.08 Å². The fourth-order valence-corrected chi connectivity index (χ4v) is 8.35. The van der Waals surface area contributed by atoms with Gasteiger partial charge in [-0.2, -0.15) is 0 Å². The Morgan fingerprint density at radius 1 is 0.926 bits per heavy atom. The van der Waals surface area contributed by atoms with E-state index < -0.39 is 5.60 Å². The molecule has 3 unspecified atom stereocenters. The van der Waals surface area contributed by atoms with Gasteiger partial charge in [-0.1, -0.05) is 45.8 Å². The molecule has 0 bridgehead atoms. The largest absolute Gasteiger partial charge is 0.392 e. The second kappa shape index (κ2) is 7.17. The van der Waals surface area contributed by atoms with Gasteiger partial charge in [0.05, 0.1) is 12.2 Å². The van der Waals surface area contributed by atoms with Crippen LogP contribution >= 0.6 is 0 Å². The number of aliphatic hydroxyl groups is 2. The van der Waals surface area contributed by atoms with Crippen molar-refractivity contribution in [3.63, 3.8) is 0 Å². The van der Waals surface area contributed by atoms with E-state index >= 15 is 0 Å². The van der Waals surface area contributed by atoms with Gasteiger partial charge >= 0.3 is 0 Å². The van der Waals surface area contributed by atoms with E-state index in [9.17, 15) is 10.2 Å². The summed E-state index contributed by atoms with van der Waals surface area (Å²) in [5.74, 6) is 1.92. The van der Waals surface area contributed by atoms with Crippen LogP contribution in [0.25, 0.3) is 0 Å². The first-order chi connectivity index (χ1) is 12.5. The van der Waals surface area contributed by atoms with Crippen molar-refractivity contribution < 1.29 is 10.2 Å². The molecule has 0 spiro atoms. The standard InChI is InChI=1S/C25H44O2/c1-18(12-17-26)8-9-21-24(5)15-10-19-22(2,3)13-7-14-23(19,4)20(24)11-16-25(21,6)27/h12,19-21,26-27H,7-11,13-17H2,1-6H3/b18-12+/t19?,20?,21-,23-,24+,25?/m0/s1. The van der Waals surface area contributed by atoms with Gasteiger partial charge in [0.1, 0.15) is 0 Å². The Morgan fingerprint density at radius 3 is 2.26 bits per heavy atom. The van der Waals surface area contributed by atoms with Gasteiger partial charge in [-0.25, -0.2) is 0 Å². The molecule has 2 N–H and O–H groups in total. The average molecular weight is 377 g/mol. The molecule has 3 fully saturated rings. The Morgan fingerprint density at radius 2 is 1.59 bits per heavy atom. The van der Waals surface area contributed by atoms with Gasteiger partial charge in [-0.15, -0.1) is 0 Å². The van der Waals surface area contributed by atoms with Crippen molar-refractivity contribution in [3.05, 3.63) is 11.6 Å². The highest BCUT2D eigenvalue weighted by atomic mass is 16.3. The molecule has 0 aromatic heterocycles. The van der Waals surface area contributed by atoms with Crippen molar-refractivity contribution >= 4 is 0 Å². The van der Waals surface area contributed by atoms with Crippen LogP contribution in [0.5, 0.6) is 0 Å². The molecule has 0 aromatic carbocycles. The lowest BCUT2D eigenvalue weighted by molar-refractivity contribution is -0.211. The first kappa shape index (κ1) is 21.4. The number of rotatable bonds is 4. The molecule has 6 atom stereocenters. The number of aliphatic hydroxyl groups excluding tert-OH is 1. The van der Waals surface area contributed by atoms with Crippen LogP contribution in [0.15, 0.2) is 11.6 Å². The third-order valence-electron chi connectivity index (χ3n) is 9.59. The van der Waals surface area contributed by atoms with Gasteiger partial charge in [0.25, 0.3) is 0 Å². The van der Waals surface area contributed by atoms with Crippen molar-refractivity contribution in [2.75, 3.05) is 6.61 Å². The smallest absolute Gasteiger partial charge is 0.0653 e. The summed E-state index contributed by atoms with van der Waals surface area (Å²) in [7, 11) is 0. The summed E-state index contributed by atoms with van der Waals surface area (Å²) in [6, 6.07) is 0. The lowest BCUT2D eigenvalue weighted by Crippen LogP contribution is -2.62. The van der Waals surface area contributed by atoms with Crippen LogP contribution in [0.2, 0.25) is 0 Å². The van der Waals surface area contributed by atoms with E-state index in [2.05, 4.69) is 41.5 Å². The SMILES string of the molecule is C/C(=C\CO)CC[C@@H]1C(C)(O)CCC2[C@@]3(C)CCCC(C)(C)C3CC[C@]21C. The highest BCUT2D eigenvalue weighted by Gasteiger charge is 2.63. The minimum Gasteiger partial charge on any atom is -0.392 e. The fourth-order valence-electron chi connectivity index (χ4n) is 8.35. The molecule has 3 aliphatic rings. The molecule has 0 saturated heterocycles. The number of fused-ring (bicyclic) bond motifs is 3.